The van der Waals surface area contributed by atoms with Crippen LogP contribution < -0.4 is 5.32 Å². The van der Waals surface area contributed by atoms with Crippen molar-refractivity contribution in [2.75, 3.05) is 20.6 Å². The van der Waals surface area contributed by atoms with Crippen molar-refractivity contribution in [3.63, 3.8) is 0 Å². The highest BCUT2D eigenvalue weighted by atomic mass is 127. The Morgan fingerprint density at radius 1 is 1.14 bits per heavy atom. The van der Waals surface area contributed by atoms with Gasteiger partial charge in [-0.2, -0.15) is 0 Å². The van der Waals surface area contributed by atoms with Gasteiger partial charge in [-0.3, -0.25) is 4.79 Å². The highest BCUT2D eigenvalue weighted by Gasteiger charge is 2.14. The van der Waals surface area contributed by atoms with E-state index in [1.54, 1.807) is 0 Å². The lowest BCUT2D eigenvalue weighted by atomic mass is 10.1. The first-order valence-electron chi connectivity index (χ1n) is 7.30. The lowest BCUT2D eigenvalue weighted by molar-refractivity contribution is 0.0941. The molecule has 4 heteroatoms. The van der Waals surface area contributed by atoms with Crippen molar-refractivity contribution in [2.45, 2.75) is 12.5 Å². The maximum absolute atomic E-state index is 12.2. The van der Waals surface area contributed by atoms with Crippen LogP contribution >= 0.6 is 22.6 Å². The summed E-state index contributed by atoms with van der Waals surface area (Å²) in [5, 5.41) is 3.04. The fraction of sp³-hybridized carbons (Fsp3) is 0.278. The van der Waals surface area contributed by atoms with Gasteiger partial charge in [0.15, 0.2) is 0 Å². The molecule has 0 saturated heterocycles. The molecule has 0 aliphatic carbocycles. The molecule has 0 heterocycles. The number of amides is 1. The van der Waals surface area contributed by atoms with Gasteiger partial charge in [0.25, 0.3) is 5.91 Å². The molecule has 0 aliphatic rings. The van der Waals surface area contributed by atoms with Crippen molar-refractivity contribution in [3.05, 3.63) is 69.3 Å². The zero-order valence-electron chi connectivity index (χ0n) is 12.9. The molecule has 0 saturated carbocycles. The van der Waals surface area contributed by atoms with E-state index in [1.807, 2.05) is 56.6 Å². The van der Waals surface area contributed by atoms with E-state index in [4.69, 9.17) is 0 Å². The summed E-state index contributed by atoms with van der Waals surface area (Å²) in [6.07, 6.45) is 0.917. The minimum Gasteiger partial charge on any atom is -0.350 e. The molecular formula is C18H21IN2O. The smallest absolute Gasteiger partial charge is 0.251 e. The van der Waals surface area contributed by atoms with E-state index in [-0.39, 0.29) is 11.9 Å². The van der Waals surface area contributed by atoms with Crippen LogP contribution in [0.15, 0.2) is 54.6 Å². The summed E-state index contributed by atoms with van der Waals surface area (Å²) >= 11 is 2.22. The quantitative estimate of drug-likeness (QED) is 0.745. The normalized spacial score (nSPS) is 12.2. The molecule has 3 nitrogen and oxygen atoms in total. The summed E-state index contributed by atoms with van der Waals surface area (Å²) in [5.41, 5.74) is 1.99. The SMILES string of the molecule is CN(C)C(CNC(=O)c1cccc(I)c1)Cc1ccccc1. The number of likely N-dealkylation sites (N-methyl/N-ethyl adjacent to an activating group) is 1. The summed E-state index contributed by atoms with van der Waals surface area (Å²) in [4.78, 5) is 14.4. The van der Waals surface area contributed by atoms with Crippen LogP contribution in [0.4, 0.5) is 0 Å². The van der Waals surface area contributed by atoms with Gasteiger partial charge < -0.3 is 10.2 Å². The Kier molecular flexibility index (Phi) is 6.39. The number of nitrogens with one attached hydrogen (secondary N) is 1. The van der Waals surface area contributed by atoms with Gasteiger partial charge >= 0.3 is 0 Å². The van der Waals surface area contributed by atoms with Crippen LogP contribution in [0.5, 0.6) is 0 Å². The molecule has 0 bridgehead atoms. The third kappa shape index (κ3) is 5.10. The van der Waals surface area contributed by atoms with Crippen molar-refractivity contribution in [3.8, 4) is 0 Å². The van der Waals surface area contributed by atoms with Crippen molar-refractivity contribution >= 4 is 28.5 Å². The molecule has 0 aromatic heterocycles. The summed E-state index contributed by atoms with van der Waals surface area (Å²) in [6.45, 7) is 0.631. The number of hydrogen-bond acceptors (Lipinski definition) is 2. The standard InChI is InChI=1S/C18H21IN2O/c1-21(2)17(11-14-7-4-3-5-8-14)13-20-18(22)15-9-6-10-16(19)12-15/h3-10,12,17H,11,13H2,1-2H3,(H,20,22). The fourth-order valence-electron chi connectivity index (χ4n) is 2.27. The van der Waals surface area contributed by atoms with E-state index in [0.29, 0.717) is 12.1 Å². The third-order valence-electron chi connectivity index (χ3n) is 3.63. The second-order valence-electron chi connectivity index (χ2n) is 5.53. The second-order valence-corrected chi connectivity index (χ2v) is 6.77. The van der Waals surface area contributed by atoms with Crippen LogP contribution in [0.3, 0.4) is 0 Å². The molecular weight excluding hydrogens is 387 g/mol. The molecule has 0 radical (unpaired) electrons. The van der Waals surface area contributed by atoms with E-state index >= 15 is 0 Å². The van der Waals surface area contributed by atoms with Gasteiger partial charge in [-0.1, -0.05) is 36.4 Å². The van der Waals surface area contributed by atoms with Crippen LogP contribution in [0.1, 0.15) is 15.9 Å². The number of carbonyl (C=O) groups is 1. The lowest BCUT2D eigenvalue weighted by Gasteiger charge is -2.24. The Morgan fingerprint density at radius 2 is 1.86 bits per heavy atom. The highest BCUT2D eigenvalue weighted by molar-refractivity contribution is 14.1. The Bertz CT molecular complexity index is 613. The van der Waals surface area contributed by atoms with Crippen molar-refractivity contribution in [1.29, 1.82) is 0 Å². The maximum atomic E-state index is 12.2. The molecule has 1 N–H and O–H groups in total. The molecule has 1 amide bonds. The minimum atomic E-state index is -0.0153. The average Bonchev–Trinajstić information content (AvgIpc) is 2.51. The van der Waals surface area contributed by atoms with Crippen LogP contribution in [0, 0.1) is 3.57 Å². The molecule has 2 aromatic carbocycles. The fourth-order valence-corrected chi connectivity index (χ4v) is 2.81. The Morgan fingerprint density at radius 3 is 2.50 bits per heavy atom. The molecule has 0 spiro atoms. The van der Waals surface area contributed by atoms with Crippen LogP contribution in [-0.4, -0.2) is 37.5 Å². The summed E-state index contributed by atoms with van der Waals surface area (Å²) in [7, 11) is 4.09. The van der Waals surface area contributed by atoms with Gasteiger partial charge in [0, 0.05) is 21.7 Å². The molecule has 1 atom stereocenters. The predicted octanol–water partition coefficient (Wildman–Crippen LogP) is 3.19. The van der Waals surface area contributed by atoms with Crippen molar-refractivity contribution in [1.82, 2.24) is 10.2 Å². The number of carbonyl (C=O) groups excluding carboxylic acids is 1. The first-order valence-corrected chi connectivity index (χ1v) is 8.38. The van der Waals surface area contributed by atoms with Crippen LogP contribution in [-0.2, 0) is 6.42 Å². The molecule has 22 heavy (non-hydrogen) atoms. The number of halogens is 1. The maximum Gasteiger partial charge on any atom is 0.251 e. The first kappa shape index (κ1) is 17.0. The van der Waals surface area contributed by atoms with E-state index in [2.05, 4.69) is 44.9 Å². The van der Waals surface area contributed by atoms with Gasteiger partial charge in [0.1, 0.15) is 0 Å². The highest BCUT2D eigenvalue weighted by Crippen LogP contribution is 2.09. The van der Waals surface area contributed by atoms with Gasteiger partial charge in [-0.25, -0.2) is 0 Å². The monoisotopic (exact) mass is 408 g/mol. The zero-order chi connectivity index (χ0) is 15.9. The molecule has 1 unspecified atom stereocenters. The van der Waals surface area contributed by atoms with Crippen molar-refractivity contribution < 1.29 is 4.79 Å². The Labute approximate surface area is 145 Å². The second kappa shape index (κ2) is 8.29. The van der Waals surface area contributed by atoms with Gasteiger partial charge in [0.05, 0.1) is 0 Å². The zero-order valence-corrected chi connectivity index (χ0v) is 15.1. The van der Waals surface area contributed by atoms with Gasteiger partial charge in [-0.15, -0.1) is 0 Å². The molecule has 0 aliphatic heterocycles. The third-order valence-corrected chi connectivity index (χ3v) is 4.30. The Hall–Kier alpha value is -1.40. The summed E-state index contributed by atoms with van der Waals surface area (Å²) < 4.78 is 1.07. The minimum absolute atomic E-state index is 0.0153. The summed E-state index contributed by atoms with van der Waals surface area (Å²) in [5.74, 6) is -0.0153. The predicted molar refractivity (Wildman–Crippen MR) is 99.1 cm³/mol. The molecule has 116 valence electrons. The molecule has 2 aromatic rings. The van der Waals surface area contributed by atoms with Crippen molar-refractivity contribution in [2.24, 2.45) is 0 Å². The van der Waals surface area contributed by atoms with Gasteiger partial charge in [-0.05, 0) is 66.9 Å². The summed E-state index contributed by atoms with van der Waals surface area (Å²) in [6, 6.07) is 18.3. The number of hydrogen-bond donors (Lipinski definition) is 1. The van der Waals surface area contributed by atoms with Crippen LogP contribution in [0.25, 0.3) is 0 Å². The number of rotatable bonds is 6. The van der Waals surface area contributed by atoms with E-state index < -0.39 is 0 Å². The largest absolute Gasteiger partial charge is 0.350 e. The van der Waals surface area contributed by atoms with Gasteiger partial charge in [0.2, 0.25) is 0 Å². The topological polar surface area (TPSA) is 32.3 Å². The Balaban J connectivity index is 1.96. The molecule has 2 rings (SSSR count). The lowest BCUT2D eigenvalue weighted by Crippen LogP contribution is -2.41. The number of nitrogens with zero attached hydrogens (tertiary/aromatic N) is 1. The van der Waals surface area contributed by atoms with E-state index in [1.165, 1.54) is 5.56 Å². The average molecular weight is 408 g/mol. The first-order chi connectivity index (χ1) is 10.6. The number of benzene rings is 2. The molecule has 0 fully saturated rings. The van der Waals surface area contributed by atoms with Crippen LogP contribution in [0.2, 0.25) is 0 Å². The van der Waals surface area contributed by atoms with E-state index in [9.17, 15) is 4.79 Å². The van der Waals surface area contributed by atoms with E-state index in [0.717, 1.165) is 9.99 Å².